The van der Waals surface area contributed by atoms with Crippen LogP contribution in [-0.4, -0.2) is 97.8 Å². The Morgan fingerprint density at radius 1 is 1.26 bits per heavy atom. The van der Waals surface area contributed by atoms with Crippen LogP contribution in [0.1, 0.15) is 24.3 Å². The first-order chi connectivity index (χ1) is 13.1. The predicted octanol–water partition coefficient (Wildman–Crippen LogP) is 0.328. The van der Waals surface area contributed by atoms with Gasteiger partial charge < -0.3 is 19.5 Å². The highest BCUT2D eigenvalue weighted by molar-refractivity contribution is 5.77. The van der Waals surface area contributed by atoms with Crippen LogP contribution in [0.3, 0.4) is 0 Å². The van der Waals surface area contributed by atoms with Crippen LogP contribution in [0.4, 0.5) is 0 Å². The van der Waals surface area contributed by atoms with Gasteiger partial charge in [0.15, 0.2) is 0 Å². The lowest BCUT2D eigenvalue weighted by atomic mass is 10.0. The highest BCUT2D eigenvalue weighted by Crippen LogP contribution is 2.17. The van der Waals surface area contributed by atoms with Crippen molar-refractivity contribution in [3.63, 3.8) is 0 Å². The number of ether oxygens (including phenoxy) is 1. The van der Waals surface area contributed by atoms with Crippen molar-refractivity contribution >= 4 is 5.91 Å². The number of carbonyl (C=O) groups is 1. The van der Waals surface area contributed by atoms with Gasteiger partial charge in [0.2, 0.25) is 5.91 Å². The Labute approximate surface area is 161 Å². The number of likely N-dealkylation sites (tertiary alicyclic amines) is 1. The van der Waals surface area contributed by atoms with Crippen molar-refractivity contribution in [2.75, 3.05) is 66.0 Å². The van der Waals surface area contributed by atoms with Crippen LogP contribution in [0.25, 0.3) is 0 Å². The minimum atomic E-state index is 0.0777. The van der Waals surface area contributed by atoms with Gasteiger partial charge in [-0.1, -0.05) is 5.16 Å². The van der Waals surface area contributed by atoms with E-state index in [2.05, 4.69) is 32.2 Å². The van der Waals surface area contributed by atoms with E-state index >= 15 is 0 Å². The molecule has 1 amide bonds. The summed E-state index contributed by atoms with van der Waals surface area (Å²) in [5, 5.41) is 6.81. The Kier molecular flexibility index (Phi) is 7.63. The first kappa shape index (κ1) is 20.3. The van der Waals surface area contributed by atoms with Gasteiger partial charge in [-0.3, -0.25) is 14.6 Å². The van der Waals surface area contributed by atoms with Crippen molar-refractivity contribution in [3.05, 3.63) is 17.5 Å². The second kappa shape index (κ2) is 10.2. The zero-order valence-electron chi connectivity index (χ0n) is 16.7. The van der Waals surface area contributed by atoms with Gasteiger partial charge in [-0.15, -0.1) is 0 Å². The SMILES string of the molecule is Cc1cc(COCCNC(=O)CN2CCC(N3CCN(C)CC3)CC2)no1. The molecular formula is C19H33N5O3. The third-order valence-corrected chi connectivity index (χ3v) is 5.47. The summed E-state index contributed by atoms with van der Waals surface area (Å²) in [6.45, 7) is 10.4. The molecule has 0 radical (unpaired) electrons. The molecule has 2 saturated heterocycles. The topological polar surface area (TPSA) is 74.1 Å². The van der Waals surface area contributed by atoms with Gasteiger partial charge in [0, 0.05) is 57.9 Å². The summed E-state index contributed by atoms with van der Waals surface area (Å²) in [5.74, 6) is 0.854. The van der Waals surface area contributed by atoms with E-state index in [0.29, 0.717) is 32.3 Å². The smallest absolute Gasteiger partial charge is 0.234 e. The van der Waals surface area contributed by atoms with Crippen LogP contribution < -0.4 is 5.32 Å². The first-order valence-corrected chi connectivity index (χ1v) is 10.0. The van der Waals surface area contributed by atoms with Gasteiger partial charge in [-0.2, -0.15) is 0 Å². The first-order valence-electron chi connectivity index (χ1n) is 10.0. The summed E-state index contributed by atoms with van der Waals surface area (Å²) >= 11 is 0. The largest absolute Gasteiger partial charge is 0.373 e. The molecule has 0 unspecified atom stereocenters. The molecule has 152 valence electrons. The Bertz CT molecular complexity index is 578. The minimum absolute atomic E-state index is 0.0777. The molecule has 2 aliphatic heterocycles. The number of piperidine rings is 1. The van der Waals surface area contributed by atoms with Gasteiger partial charge in [0.1, 0.15) is 11.5 Å². The van der Waals surface area contributed by atoms with E-state index in [-0.39, 0.29) is 5.91 Å². The predicted molar refractivity (Wildman–Crippen MR) is 102 cm³/mol. The van der Waals surface area contributed by atoms with Crippen molar-refractivity contribution in [1.82, 2.24) is 25.2 Å². The highest BCUT2D eigenvalue weighted by Gasteiger charge is 2.27. The lowest BCUT2D eigenvalue weighted by Crippen LogP contribution is -2.53. The molecule has 0 spiro atoms. The van der Waals surface area contributed by atoms with Crippen LogP contribution >= 0.6 is 0 Å². The molecule has 0 saturated carbocycles. The molecule has 1 aromatic heterocycles. The Balaban J connectivity index is 1.24. The molecule has 3 rings (SSSR count). The fraction of sp³-hybridized carbons (Fsp3) is 0.789. The lowest BCUT2D eigenvalue weighted by Gasteiger charge is -2.41. The lowest BCUT2D eigenvalue weighted by molar-refractivity contribution is -0.122. The summed E-state index contributed by atoms with van der Waals surface area (Å²) in [4.78, 5) is 19.4. The number of rotatable bonds is 8. The molecule has 0 bridgehead atoms. The molecule has 0 atom stereocenters. The summed E-state index contributed by atoms with van der Waals surface area (Å²) in [5.41, 5.74) is 0.780. The van der Waals surface area contributed by atoms with E-state index in [1.165, 1.54) is 26.2 Å². The van der Waals surface area contributed by atoms with E-state index < -0.39 is 0 Å². The zero-order valence-corrected chi connectivity index (χ0v) is 16.7. The van der Waals surface area contributed by atoms with E-state index in [4.69, 9.17) is 9.26 Å². The van der Waals surface area contributed by atoms with Crippen molar-refractivity contribution in [3.8, 4) is 0 Å². The summed E-state index contributed by atoms with van der Waals surface area (Å²) in [6.07, 6.45) is 2.33. The van der Waals surface area contributed by atoms with Crippen molar-refractivity contribution in [1.29, 1.82) is 0 Å². The van der Waals surface area contributed by atoms with Gasteiger partial charge >= 0.3 is 0 Å². The maximum absolute atomic E-state index is 12.1. The summed E-state index contributed by atoms with van der Waals surface area (Å²) in [7, 11) is 2.19. The third kappa shape index (κ3) is 6.57. The Morgan fingerprint density at radius 2 is 2.00 bits per heavy atom. The Hall–Kier alpha value is -1.48. The molecule has 0 aromatic carbocycles. The average Bonchev–Trinajstić information content (AvgIpc) is 3.08. The maximum atomic E-state index is 12.1. The molecule has 1 aromatic rings. The number of aromatic nitrogens is 1. The summed E-state index contributed by atoms with van der Waals surface area (Å²) < 4.78 is 10.5. The van der Waals surface area contributed by atoms with E-state index in [1.54, 1.807) is 0 Å². The quantitative estimate of drug-likeness (QED) is 0.653. The number of aryl methyl sites for hydroxylation is 1. The van der Waals surface area contributed by atoms with Crippen LogP contribution in [0, 0.1) is 6.92 Å². The number of hydrogen-bond acceptors (Lipinski definition) is 7. The van der Waals surface area contributed by atoms with Crippen molar-refractivity contribution < 1.29 is 14.1 Å². The Morgan fingerprint density at radius 3 is 2.67 bits per heavy atom. The van der Waals surface area contributed by atoms with Gasteiger partial charge in [-0.25, -0.2) is 0 Å². The van der Waals surface area contributed by atoms with Crippen LogP contribution in [0.15, 0.2) is 10.6 Å². The maximum Gasteiger partial charge on any atom is 0.234 e. The van der Waals surface area contributed by atoms with Crippen molar-refractivity contribution in [2.24, 2.45) is 0 Å². The number of hydrogen-bond donors (Lipinski definition) is 1. The highest BCUT2D eigenvalue weighted by atomic mass is 16.5. The standard InChI is InChI=1S/C19H33N5O3/c1-16-13-17(21-27-16)15-26-12-5-20-19(25)14-23-6-3-18(4-7-23)24-10-8-22(2)9-11-24/h13,18H,3-12,14-15H2,1-2H3,(H,20,25). The summed E-state index contributed by atoms with van der Waals surface area (Å²) in [6, 6.07) is 2.54. The van der Waals surface area contributed by atoms with Gasteiger partial charge in [0.05, 0.1) is 19.8 Å². The fourth-order valence-corrected chi connectivity index (χ4v) is 3.81. The number of likely N-dealkylation sites (N-methyl/N-ethyl adjacent to an activating group) is 1. The normalized spacial score (nSPS) is 20.8. The molecule has 0 aliphatic carbocycles. The molecule has 8 nitrogen and oxygen atoms in total. The van der Waals surface area contributed by atoms with Crippen molar-refractivity contribution in [2.45, 2.75) is 32.4 Å². The van der Waals surface area contributed by atoms with E-state index in [0.717, 1.165) is 37.4 Å². The second-order valence-electron chi connectivity index (χ2n) is 7.68. The number of nitrogens with zero attached hydrogens (tertiary/aromatic N) is 4. The molecule has 2 fully saturated rings. The zero-order chi connectivity index (χ0) is 19.1. The van der Waals surface area contributed by atoms with Crippen LogP contribution in [-0.2, 0) is 16.1 Å². The molecule has 3 heterocycles. The second-order valence-corrected chi connectivity index (χ2v) is 7.68. The van der Waals surface area contributed by atoms with Gasteiger partial charge in [-0.05, 0) is 26.8 Å². The molecule has 27 heavy (non-hydrogen) atoms. The van der Waals surface area contributed by atoms with E-state index in [9.17, 15) is 4.79 Å². The fourth-order valence-electron chi connectivity index (χ4n) is 3.81. The number of amides is 1. The van der Waals surface area contributed by atoms with E-state index in [1.807, 2.05) is 13.0 Å². The minimum Gasteiger partial charge on any atom is -0.373 e. The number of piperazine rings is 1. The molecule has 1 N–H and O–H groups in total. The van der Waals surface area contributed by atoms with Crippen LogP contribution in [0.5, 0.6) is 0 Å². The van der Waals surface area contributed by atoms with Gasteiger partial charge in [0.25, 0.3) is 0 Å². The van der Waals surface area contributed by atoms with Crippen LogP contribution in [0.2, 0.25) is 0 Å². The molecule has 8 heteroatoms. The monoisotopic (exact) mass is 379 g/mol. The molecular weight excluding hydrogens is 346 g/mol. The average molecular weight is 380 g/mol. The number of carbonyl (C=O) groups excluding carboxylic acids is 1. The number of nitrogens with one attached hydrogen (secondary N) is 1. The molecule has 2 aliphatic rings. The third-order valence-electron chi connectivity index (χ3n) is 5.47.